The van der Waals surface area contributed by atoms with Gasteiger partial charge in [0, 0.05) is 12.0 Å². The van der Waals surface area contributed by atoms with E-state index in [2.05, 4.69) is 0 Å². The third-order valence-electron chi connectivity index (χ3n) is 3.27. The molecule has 0 heterocycles. The van der Waals surface area contributed by atoms with Crippen molar-refractivity contribution in [2.45, 2.75) is 37.5 Å². The molecular weight excluding hydrogens is 178 g/mol. The number of aliphatic hydroxyl groups is 2. The van der Waals surface area contributed by atoms with Crippen LogP contribution in [0.5, 0.6) is 0 Å². The fourth-order valence-corrected chi connectivity index (χ4v) is 2.53. The lowest BCUT2D eigenvalue weighted by molar-refractivity contribution is -0.116. The van der Waals surface area contributed by atoms with Gasteiger partial charge < -0.3 is 15.9 Å². The molecule has 2 bridgehead atoms. The second-order valence-electron chi connectivity index (χ2n) is 3.88. The van der Waals surface area contributed by atoms with Crippen LogP contribution in [0.2, 0.25) is 0 Å². The summed E-state index contributed by atoms with van der Waals surface area (Å²) >= 11 is 0. The number of nitrogens with two attached hydrogens (primary N) is 1. The van der Waals surface area contributed by atoms with E-state index in [1.807, 2.05) is 0 Å². The van der Waals surface area contributed by atoms with Crippen LogP contribution in [0.15, 0.2) is 0 Å². The summed E-state index contributed by atoms with van der Waals surface area (Å²) in [5.74, 6) is 0.403. The van der Waals surface area contributed by atoms with Crippen LogP contribution in [-0.2, 0) is 0 Å². The predicted octanol–water partition coefficient (Wildman–Crippen LogP) is -0.113. The van der Waals surface area contributed by atoms with Crippen molar-refractivity contribution >= 4 is 12.4 Å². The summed E-state index contributed by atoms with van der Waals surface area (Å²) in [7, 11) is 0. The second kappa shape index (κ2) is 3.50. The Balaban J connectivity index is 0.000000720. The van der Waals surface area contributed by atoms with E-state index in [1.165, 1.54) is 0 Å². The maximum atomic E-state index is 9.51. The average Bonchev–Trinajstić information content (AvgIpc) is 1.99. The lowest BCUT2D eigenvalue weighted by Gasteiger charge is -2.47. The minimum atomic E-state index is -0.558. The molecule has 0 aromatic carbocycles. The first-order valence-electron chi connectivity index (χ1n) is 4.32. The Labute approximate surface area is 78.4 Å². The molecule has 3 aliphatic rings. The van der Waals surface area contributed by atoms with Crippen molar-refractivity contribution in [1.82, 2.24) is 0 Å². The Morgan fingerprint density at radius 1 is 1.08 bits per heavy atom. The van der Waals surface area contributed by atoms with Crippen LogP contribution in [-0.4, -0.2) is 28.5 Å². The van der Waals surface area contributed by atoms with Crippen molar-refractivity contribution in [3.63, 3.8) is 0 Å². The van der Waals surface area contributed by atoms with Crippen molar-refractivity contribution < 1.29 is 10.2 Å². The van der Waals surface area contributed by atoms with Gasteiger partial charge in [-0.3, -0.25) is 0 Å². The van der Waals surface area contributed by atoms with Crippen LogP contribution in [0.1, 0.15) is 19.3 Å². The van der Waals surface area contributed by atoms with E-state index in [0.29, 0.717) is 0 Å². The van der Waals surface area contributed by atoms with Crippen molar-refractivity contribution in [1.29, 1.82) is 0 Å². The minimum Gasteiger partial charge on any atom is -0.390 e. The Kier molecular flexibility index (Phi) is 2.99. The van der Waals surface area contributed by atoms with Crippen LogP contribution >= 0.6 is 12.4 Å². The van der Waals surface area contributed by atoms with Crippen molar-refractivity contribution in [2.24, 2.45) is 17.6 Å². The van der Waals surface area contributed by atoms with Gasteiger partial charge in [0.15, 0.2) is 0 Å². The van der Waals surface area contributed by atoms with E-state index in [4.69, 9.17) is 5.73 Å². The summed E-state index contributed by atoms with van der Waals surface area (Å²) in [6.45, 7) is 0. The van der Waals surface area contributed by atoms with Gasteiger partial charge in [-0.1, -0.05) is 0 Å². The highest BCUT2D eigenvalue weighted by Crippen LogP contribution is 2.40. The Morgan fingerprint density at radius 3 is 2.17 bits per heavy atom. The SMILES string of the molecule is Cl.N[C@@H]1C[C@H]2CC[C@@H]1[C@H](O)[C@@H]2O. The molecule has 3 aliphatic carbocycles. The molecule has 12 heavy (non-hydrogen) atoms. The van der Waals surface area contributed by atoms with E-state index < -0.39 is 12.2 Å². The number of halogens is 1. The van der Waals surface area contributed by atoms with Gasteiger partial charge in [-0.15, -0.1) is 12.4 Å². The molecule has 0 unspecified atom stereocenters. The quantitative estimate of drug-likeness (QED) is 0.503. The zero-order valence-electron chi connectivity index (χ0n) is 6.89. The molecule has 0 radical (unpaired) electrons. The smallest absolute Gasteiger partial charge is 0.0844 e. The highest BCUT2D eigenvalue weighted by atomic mass is 35.5. The molecule has 3 nitrogen and oxygen atoms in total. The molecule has 3 saturated carbocycles. The molecular formula is C8H16ClNO2. The topological polar surface area (TPSA) is 66.5 Å². The van der Waals surface area contributed by atoms with E-state index in [-0.39, 0.29) is 30.3 Å². The van der Waals surface area contributed by atoms with Gasteiger partial charge in [-0.2, -0.15) is 0 Å². The minimum absolute atomic E-state index is 0. The third-order valence-corrected chi connectivity index (χ3v) is 3.27. The van der Waals surface area contributed by atoms with Gasteiger partial charge in [0.05, 0.1) is 12.2 Å². The van der Waals surface area contributed by atoms with Crippen LogP contribution in [0.25, 0.3) is 0 Å². The van der Waals surface area contributed by atoms with E-state index in [9.17, 15) is 10.2 Å². The summed E-state index contributed by atoms with van der Waals surface area (Å²) in [6.07, 6.45) is 1.86. The average molecular weight is 194 g/mol. The molecule has 0 saturated heterocycles. The maximum Gasteiger partial charge on any atom is 0.0844 e. The van der Waals surface area contributed by atoms with Crippen molar-refractivity contribution in [3.05, 3.63) is 0 Å². The molecule has 0 aromatic heterocycles. The van der Waals surface area contributed by atoms with Crippen LogP contribution in [0, 0.1) is 11.8 Å². The molecule has 4 N–H and O–H groups in total. The fraction of sp³-hybridized carbons (Fsp3) is 1.00. The van der Waals surface area contributed by atoms with Gasteiger partial charge in [-0.05, 0) is 25.2 Å². The molecule has 3 fully saturated rings. The van der Waals surface area contributed by atoms with E-state index in [0.717, 1.165) is 19.3 Å². The van der Waals surface area contributed by atoms with Gasteiger partial charge in [0.2, 0.25) is 0 Å². The fourth-order valence-electron chi connectivity index (χ4n) is 2.53. The zero-order valence-corrected chi connectivity index (χ0v) is 7.70. The largest absolute Gasteiger partial charge is 0.390 e. The van der Waals surface area contributed by atoms with Crippen molar-refractivity contribution in [3.8, 4) is 0 Å². The Bertz CT molecular complexity index is 165. The second-order valence-corrected chi connectivity index (χ2v) is 3.88. The molecule has 72 valence electrons. The van der Waals surface area contributed by atoms with Crippen molar-refractivity contribution in [2.75, 3.05) is 0 Å². The molecule has 0 amide bonds. The van der Waals surface area contributed by atoms with E-state index in [1.54, 1.807) is 0 Å². The summed E-state index contributed by atoms with van der Waals surface area (Å²) in [4.78, 5) is 0. The number of hydrogen-bond acceptors (Lipinski definition) is 3. The summed E-state index contributed by atoms with van der Waals surface area (Å²) in [5, 5.41) is 19.0. The molecule has 3 rings (SSSR count). The van der Waals surface area contributed by atoms with Gasteiger partial charge in [-0.25, -0.2) is 0 Å². The predicted molar refractivity (Wildman–Crippen MR) is 48.1 cm³/mol. The Hall–Kier alpha value is 0.170. The van der Waals surface area contributed by atoms with Crippen LogP contribution in [0.4, 0.5) is 0 Å². The first-order valence-corrected chi connectivity index (χ1v) is 4.32. The summed E-state index contributed by atoms with van der Waals surface area (Å²) in [5.41, 5.74) is 5.80. The number of fused-ring (bicyclic) bond motifs is 3. The van der Waals surface area contributed by atoms with Crippen LogP contribution in [0.3, 0.4) is 0 Å². The van der Waals surface area contributed by atoms with Gasteiger partial charge in [0.1, 0.15) is 0 Å². The van der Waals surface area contributed by atoms with Gasteiger partial charge >= 0.3 is 0 Å². The summed E-state index contributed by atoms with van der Waals surface area (Å²) < 4.78 is 0. The highest BCUT2D eigenvalue weighted by molar-refractivity contribution is 5.85. The molecule has 0 aliphatic heterocycles. The normalized spacial score (nSPS) is 51.8. The first-order chi connectivity index (χ1) is 5.20. The monoisotopic (exact) mass is 193 g/mol. The molecule has 0 spiro atoms. The Morgan fingerprint density at radius 2 is 1.75 bits per heavy atom. The maximum absolute atomic E-state index is 9.51. The van der Waals surface area contributed by atoms with Gasteiger partial charge in [0.25, 0.3) is 0 Å². The number of rotatable bonds is 0. The lowest BCUT2D eigenvalue weighted by Crippen LogP contribution is -2.56. The standard InChI is InChI=1S/C8H15NO2.ClH/c9-6-3-4-1-2-5(6)8(11)7(4)10;/h4-8,10-11H,1-3,9H2;1H/t4-,5+,6-,7-,8+;/m1./s1. The molecule has 5 atom stereocenters. The third kappa shape index (κ3) is 1.35. The first kappa shape index (κ1) is 10.3. The molecule has 4 heteroatoms. The highest BCUT2D eigenvalue weighted by Gasteiger charge is 2.45. The number of aliphatic hydroxyl groups excluding tert-OH is 2. The lowest BCUT2D eigenvalue weighted by atomic mass is 9.65. The van der Waals surface area contributed by atoms with E-state index >= 15 is 0 Å². The molecule has 0 aromatic rings. The van der Waals surface area contributed by atoms with Crippen LogP contribution < -0.4 is 5.73 Å². The number of hydrogen-bond donors (Lipinski definition) is 3. The summed E-state index contributed by atoms with van der Waals surface area (Å²) in [6, 6.07) is 0.118. The zero-order chi connectivity index (χ0) is 8.01.